The molecule has 0 aliphatic heterocycles. The Morgan fingerprint density at radius 2 is 2.38 bits per heavy atom. The number of halogens is 1. The van der Waals surface area contributed by atoms with Gasteiger partial charge in [0.1, 0.15) is 0 Å². The summed E-state index contributed by atoms with van der Waals surface area (Å²) in [5.74, 6) is 0.156. The van der Waals surface area contributed by atoms with E-state index in [1.165, 1.54) is 6.26 Å². The van der Waals surface area contributed by atoms with Crippen molar-refractivity contribution in [2.75, 3.05) is 5.33 Å². The van der Waals surface area contributed by atoms with Crippen molar-refractivity contribution in [3.63, 3.8) is 0 Å². The van der Waals surface area contributed by atoms with Crippen molar-refractivity contribution in [3.05, 3.63) is 24.2 Å². The zero-order valence-electron chi connectivity index (χ0n) is 7.63. The molecule has 0 atom stereocenters. The van der Waals surface area contributed by atoms with Crippen LogP contribution in [-0.4, -0.2) is 16.8 Å². The molecule has 13 heavy (non-hydrogen) atoms. The third-order valence-electron chi connectivity index (χ3n) is 1.53. The molecule has 0 saturated heterocycles. The van der Waals surface area contributed by atoms with E-state index in [1.807, 2.05) is 13.8 Å². The maximum Gasteiger partial charge on any atom is 0.287 e. The molecule has 72 valence electrons. The summed E-state index contributed by atoms with van der Waals surface area (Å²) in [4.78, 5) is 11.5. The molecule has 1 amide bonds. The van der Waals surface area contributed by atoms with E-state index in [9.17, 15) is 4.79 Å². The molecule has 4 heteroatoms. The predicted octanol–water partition coefficient (Wildman–Crippen LogP) is 2.18. The van der Waals surface area contributed by atoms with E-state index in [1.54, 1.807) is 12.1 Å². The van der Waals surface area contributed by atoms with Gasteiger partial charge in [-0.05, 0) is 26.0 Å². The first-order valence-corrected chi connectivity index (χ1v) is 5.09. The largest absolute Gasteiger partial charge is 0.459 e. The molecule has 0 radical (unpaired) electrons. The Labute approximate surface area is 85.6 Å². The fourth-order valence-electron chi connectivity index (χ4n) is 0.810. The molecule has 0 saturated carbocycles. The third-order valence-corrected chi connectivity index (χ3v) is 2.93. The number of furan rings is 1. The van der Waals surface area contributed by atoms with Crippen LogP contribution < -0.4 is 5.32 Å². The van der Waals surface area contributed by atoms with Crippen molar-refractivity contribution in [1.82, 2.24) is 5.32 Å². The second-order valence-corrected chi connectivity index (χ2v) is 4.01. The zero-order chi connectivity index (χ0) is 9.90. The van der Waals surface area contributed by atoms with Gasteiger partial charge in [0.2, 0.25) is 0 Å². The summed E-state index contributed by atoms with van der Waals surface area (Å²) in [6.45, 7) is 3.87. The number of carbonyl (C=O) groups is 1. The van der Waals surface area contributed by atoms with Crippen LogP contribution >= 0.6 is 15.9 Å². The molecular weight excluding hydrogens is 234 g/mol. The van der Waals surface area contributed by atoms with Gasteiger partial charge >= 0.3 is 0 Å². The van der Waals surface area contributed by atoms with Gasteiger partial charge in [0, 0.05) is 10.9 Å². The molecule has 0 aliphatic carbocycles. The molecule has 1 N–H and O–H groups in total. The van der Waals surface area contributed by atoms with Crippen LogP contribution in [-0.2, 0) is 0 Å². The lowest BCUT2D eigenvalue weighted by atomic mass is 10.1. The number of carbonyl (C=O) groups excluding carboxylic acids is 1. The highest BCUT2D eigenvalue weighted by Gasteiger charge is 2.20. The molecule has 0 bridgehead atoms. The minimum absolute atomic E-state index is 0.186. The van der Waals surface area contributed by atoms with Crippen LogP contribution in [0.4, 0.5) is 0 Å². The van der Waals surface area contributed by atoms with Crippen LogP contribution in [0, 0.1) is 0 Å². The predicted molar refractivity (Wildman–Crippen MR) is 54.0 cm³/mol. The fourth-order valence-corrected chi connectivity index (χ4v) is 0.950. The molecule has 1 rings (SSSR count). The third kappa shape index (κ3) is 2.88. The van der Waals surface area contributed by atoms with Gasteiger partial charge in [0.15, 0.2) is 5.76 Å². The summed E-state index contributed by atoms with van der Waals surface area (Å²) in [5, 5.41) is 3.53. The number of rotatable bonds is 3. The van der Waals surface area contributed by atoms with Crippen LogP contribution in [0.2, 0.25) is 0 Å². The molecular formula is C9H12BrNO2. The maximum atomic E-state index is 11.5. The summed E-state index contributed by atoms with van der Waals surface area (Å²) in [6.07, 6.45) is 1.48. The van der Waals surface area contributed by atoms with Gasteiger partial charge in [0.05, 0.1) is 6.26 Å². The van der Waals surface area contributed by atoms with Gasteiger partial charge in [-0.2, -0.15) is 0 Å². The van der Waals surface area contributed by atoms with Crippen LogP contribution in [0.1, 0.15) is 24.4 Å². The molecule has 1 heterocycles. The lowest BCUT2D eigenvalue weighted by Gasteiger charge is -2.22. The summed E-state index contributed by atoms with van der Waals surface area (Å²) >= 11 is 3.32. The summed E-state index contributed by atoms with van der Waals surface area (Å²) in [5.41, 5.74) is -0.260. The van der Waals surface area contributed by atoms with E-state index in [0.29, 0.717) is 11.1 Å². The Bertz CT molecular complexity index is 280. The second kappa shape index (κ2) is 3.96. The Morgan fingerprint density at radius 1 is 1.69 bits per heavy atom. The van der Waals surface area contributed by atoms with E-state index >= 15 is 0 Å². The standard InChI is InChI=1S/C9H12BrNO2/c1-9(2,6-10)11-8(12)7-4-3-5-13-7/h3-5H,6H2,1-2H3,(H,11,12). The Hall–Kier alpha value is -0.770. The van der Waals surface area contributed by atoms with Crippen LogP contribution in [0.15, 0.2) is 22.8 Å². The van der Waals surface area contributed by atoms with Gasteiger partial charge in [-0.1, -0.05) is 15.9 Å². The second-order valence-electron chi connectivity index (χ2n) is 3.45. The van der Waals surface area contributed by atoms with E-state index < -0.39 is 0 Å². The van der Waals surface area contributed by atoms with Crippen LogP contribution in [0.25, 0.3) is 0 Å². The van der Waals surface area contributed by atoms with Gasteiger partial charge in [0.25, 0.3) is 5.91 Å². The molecule has 0 spiro atoms. The molecule has 3 nitrogen and oxygen atoms in total. The summed E-state index contributed by atoms with van der Waals surface area (Å²) in [6, 6.07) is 3.33. The molecule has 0 aliphatic rings. The smallest absolute Gasteiger partial charge is 0.287 e. The van der Waals surface area contributed by atoms with Crippen molar-refractivity contribution in [2.45, 2.75) is 19.4 Å². The van der Waals surface area contributed by atoms with Crippen molar-refractivity contribution in [1.29, 1.82) is 0 Å². The summed E-state index contributed by atoms with van der Waals surface area (Å²) < 4.78 is 4.96. The van der Waals surface area contributed by atoms with E-state index in [4.69, 9.17) is 4.42 Å². The number of hydrogen-bond acceptors (Lipinski definition) is 2. The SMILES string of the molecule is CC(C)(CBr)NC(=O)c1ccco1. The number of nitrogens with one attached hydrogen (secondary N) is 1. The van der Waals surface area contributed by atoms with Gasteiger partial charge in [-0.15, -0.1) is 0 Å². The number of alkyl halides is 1. The first-order chi connectivity index (χ1) is 6.05. The van der Waals surface area contributed by atoms with Crippen LogP contribution in [0.5, 0.6) is 0 Å². The van der Waals surface area contributed by atoms with Gasteiger partial charge in [-0.3, -0.25) is 4.79 Å². The molecule has 0 unspecified atom stereocenters. The Balaban J connectivity index is 2.61. The molecule has 1 aromatic rings. The monoisotopic (exact) mass is 245 g/mol. The van der Waals surface area contributed by atoms with Crippen LogP contribution in [0.3, 0.4) is 0 Å². The first kappa shape index (κ1) is 10.3. The highest BCUT2D eigenvalue weighted by Crippen LogP contribution is 2.08. The van der Waals surface area contributed by atoms with Crippen molar-refractivity contribution in [3.8, 4) is 0 Å². The number of amides is 1. The normalized spacial score (nSPS) is 11.3. The van der Waals surface area contributed by atoms with E-state index in [0.717, 1.165) is 0 Å². The van der Waals surface area contributed by atoms with E-state index in [-0.39, 0.29) is 11.4 Å². The van der Waals surface area contributed by atoms with Gasteiger partial charge < -0.3 is 9.73 Å². The Morgan fingerprint density at radius 3 is 2.85 bits per heavy atom. The quantitative estimate of drug-likeness (QED) is 0.830. The average molecular weight is 246 g/mol. The lowest BCUT2D eigenvalue weighted by molar-refractivity contribution is 0.0893. The number of hydrogen-bond donors (Lipinski definition) is 1. The Kier molecular flexibility index (Phi) is 3.14. The molecule has 1 aromatic heterocycles. The highest BCUT2D eigenvalue weighted by molar-refractivity contribution is 9.09. The average Bonchev–Trinajstić information content (AvgIpc) is 2.55. The first-order valence-electron chi connectivity index (χ1n) is 3.97. The minimum atomic E-state index is -0.260. The van der Waals surface area contributed by atoms with E-state index in [2.05, 4.69) is 21.2 Å². The van der Waals surface area contributed by atoms with Crippen molar-refractivity contribution >= 4 is 21.8 Å². The van der Waals surface area contributed by atoms with Gasteiger partial charge in [-0.25, -0.2) is 0 Å². The zero-order valence-corrected chi connectivity index (χ0v) is 9.22. The topological polar surface area (TPSA) is 42.2 Å². The molecule has 0 fully saturated rings. The fraction of sp³-hybridized carbons (Fsp3) is 0.444. The molecule has 0 aromatic carbocycles. The highest BCUT2D eigenvalue weighted by atomic mass is 79.9. The van der Waals surface area contributed by atoms with Crippen molar-refractivity contribution < 1.29 is 9.21 Å². The minimum Gasteiger partial charge on any atom is -0.459 e. The lowest BCUT2D eigenvalue weighted by Crippen LogP contribution is -2.44. The maximum absolute atomic E-state index is 11.5. The van der Waals surface area contributed by atoms with Crippen molar-refractivity contribution in [2.24, 2.45) is 0 Å². The summed E-state index contributed by atoms with van der Waals surface area (Å²) in [7, 11) is 0.